The highest BCUT2D eigenvalue weighted by Gasteiger charge is 2.31. The van der Waals surface area contributed by atoms with E-state index in [2.05, 4.69) is 51.2 Å². The van der Waals surface area contributed by atoms with Crippen LogP contribution in [-0.2, 0) is 11.8 Å². The zero-order valence-electron chi connectivity index (χ0n) is 13.5. The Labute approximate surface area is 123 Å². The quantitative estimate of drug-likeness (QED) is 0.761. The fourth-order valence-electron chi connectivity index (χ4n) is 2.81. The summed E-state index contributed by atoms with van der Waals surface area (Å²) in [6.45, 7) is 12.1. The van der Waals surface area contributed by atoms with Crippen LogP contribution in [0.25, 0.3) is 0 Å². The largest absolute Gasteiger partial charge is 0.492 e. The monoisotopic (exact) mass is 275 g/mol. The summed E-state index contributed by atoms with van der Waals surface area (Å²) in [5.74, 6) is 1.87. The Morgan fingerprint density at radius 2 is 2.10 bits per heavy atom. The van der Waals surface area contributed by atoms with Crippen LogP contribution in [0.3, 0.4) is 0 Å². The number of rotatable bonds is 7. The summed E-state index contributed by atoms with van der Waals surface area (Å²) in [6.07, 6.45) is 3.72. The highest BCUT2D eigenvalue weighted by atomic mass is 16.5. The van der Waals surface area contributed by atoms with Crippen molar-refractivity contribution in [2.45, 2.75) is 52.4 Å². The molecule has 112 valence electrons. The summed E-state index contributed by atoms with van der Waals surface area (Å²) in [5, 5.41) is 3.41. The lowest BCUT2D eigenvalue weighted by Gasteiger charge is -2.16. The van der Waals surface area contributed by atoms with Crippen LogP contribution in [0.5, 0.6) is 5.75 Å². The van der Waals surface area contributed by atoms with Crippen LogP contribution in [0.1, 0.15) is 51.7 Å². The number of hydrogen-bond acceptors (Lipinski definition) is 2. The maximum atomic E-state index is 5.75. The molecule has 0 radical (unpaired) electrons. The summed E-state index contributed by atoms with van der Waals surface area (Å²) in [6, 6.07) is 6.75. The molecule has 2 heteroatoms. The van der Waals surface area contributed by atoms with Gasteiger partial charge in [-0.05, 0) is 49.9 Å². The molecular weight excluding hydrogens is 246 g/mol. The fourth-order valence-corrected chi connectivity index (χ4v) is 2.81. The zero-order chi connectivity index (χ0) is 14.6. The average molecular weight is 275 g/mol. The van der Waals surface area contributed by atoms with Gasteiger partial charge in [0, 0.05) is 11.0 Å². The van der Waals surface area contributed by atoms with Crippen LogP contribution in [0.4, 0.5) is 0 Å². The Hall–Kier alpha value is -1.02. The van der Waals surface area contributed by atoms with Gasteiger partial charge < -0.3 is 10.1 Å². The van der Waals surface area contributed by atoms with Crippen molar-refractivity contribution >= 4 is 0 Å². The van der Waals surface area contributed by atoms with Crippen molar-refractivity contribution in [1.82, 2.24) is 5.32 Å². The molecule has 1 aliphatic rings. The van der Waals surface area contributed by atoms with E-state index in [1.165, 1.54) is 30.4 Å². The van der Waals surface area contributed by atoms with Gasteiger partial charge in [-0.25, -0.2) is 0 Å². The van der Waals surface area contributed by atoms with Crippen molar-refractivity contribution in [2.75, 3.05) is 19.7 Å². The van der Waals surface area contributed by atoms with E-state index in [4.69, 9.17) is 4.74 Å². The van der Waals surface area contributed by atoms with Crippen LogP contribution >= 0.6 is 0 Å². The molecule has 1 unspecified atom stereocenters. The zero-order valence-corrected chi connectivity index (χ0v) is 13.5. The maximum absolute atomic E-state index is 5.75. The number of ether oxygens (including phenoxy) is 1. The van der Waals surface area contributed by atoms with Gasteiger partial charge in [0.2, 0.25) is 0 Å². The average Bonchev–Trinajstić information content (AvgIpc) is 2.72. The third-order valence-corrected chi connectivity index (χ3v) is 4.35. The van der Waals surface area contributed by atoms with Gasteiger partial charge in [0.05, 0.1) is 6.61 Å². The van der Waals surface area contributed by atoms with E-state index in [0.29, 0.717) is 0 Å². The summed E-state index contributed by atoms with van der Waals surface area (Å²) < 4.78 is 5.75. The minimum Gasteiger partial charge on any atom is -0.492 e. The summed E-state index contributed by atoms with van der Waals surface area (Å²) >= 11 is 0. The fraction of sp³-hybridized carbons (Fsp3) is 0.667. The van der Waals surface area contributed by atoms with Crippen LogP contribution in [0.15, 0.2) is 18.2 Å². The third kappa shape index (κ3) is 3.76. The van der Waals surface area contributed by atoms with Crippen LogP contribution in [-0.4, -0.2) is 19.7 Å². The first-order valence-corrected chi connectivity index (χ1v) is 8.00. The van der Waals surface area contributed by atoms with E-state index in [9.17, 15) is 0 Å². The Morgan fingerprint density at radius 3 is 2.85 bits per heavy atom. The molecule has 0 aliphatic carbocycles. The molecule has 1 aromatic rings. The minimum atomic E-state index is 0.169. The first-order chi connectivity index (χ1) is 9.53. The highest BCUT2D eigenvalue weighted by Crippen LogP contribution is 2.38. The second-order valence-electron chi connectivity index (χ2n) is 6.79. The molecule has 1 N–H and O–H groups in total. The third-order valence-electron chi connectivity index (χ3n) is 4.35. The summed E-state index contributed by atoms with van der Waals surface area (Å²) in [4.78, 5) is 0. The van der Waals surface area contributed by atoms with Crippen molar-refractivity contribution in [2.24, 2.45) is 5.92 Å². The molecular formula is C18H29NO. The lowest BCUT2D eigenvalue weighted by molar-refractivity contribution is 0.291. The molecule has 0 aromatic heterocycles. The van der Waals surface area contributed by atoms with Gasteiger partial charge in [-0.1, -0.05) is 39.8 Å². The Kier molecular flexibility index (Phi) is 5.09. The molecule has 0 spiro atoms. The smallest absolute Gasteiger partial charge is 0.123 e. The Morgan fingerprint density at radius 1 is 1.30 bits per heavy atom. The Bertz CT molecular complexity index is 439. The summed E-state index contributed by atoms with van der Waals surface area (Å²) in [5.41, 5.74) is 3.01. The maximum Gasteiger partial charge on any atom is 0.123 e. The molecule has 0 amide bonds. The lowest BCUT2D eigenvalue weighted by Crippen LogP contribution is -2.18. The van der Waals surface area contributed by atoms with E-state index in [1.54, 1.807) is 0 Å². The molecule has 1 heterocycles. The van der Waals surface area contributed by atoms with E-state index in [-0.39, 0.29) is 5.41 Å². The topological polar surface area (TPSA) is 21.3 Å². The molecule has 2 nitrogen and oxygen atoms in total. The number of benzene rings is 1. The van der Waals surface area contributed by atoms with Gasteiger partial charge in [0.15, 0.2) is 0 Å². The van der Waals surface area contributed by atoms with Crippen molar-refractivity contribution < 1.29 is 4.74 Å². The van der Waals surface area contributed by atoms with Crippen molar-refractivity contribution in [3.8, 4) is 5.75 Å². The first kappa shape index (κ1) is 15.4. The van der Waals surface area contributed by atoms with E-state index in [1.807, 2.05) is 0 Å². The van der Waals surface area contributed by atoms with E-state index in [0.717, 1.165) is 31.4 Å². The second kappa shape index (κ2) is 6.62. The van der Waals surface area contributed by atoms with Crippen LogP contribution < -0.4 is 10.1 Å². The first-order valence-electron chi connectivity index (χ1n) is 8.00. The van der Waals surface area contributed by atoms with Gasteiger partial charge in [-0.3, -0.25) is 0 Å². The molecule has 0 fully saturated rings. The molecule has 20 heavy (non-hydrogen) atoms. The number of nitrogens with one attached hydrogen (secondary N) is 1. The second-order valence-corrected chi connectivity index (χ2v) is 6.79. The minimum absolute atomic E-state index is 0.169. The van der Waals surface area contributed by atoms with Gasteiger partial charge >= 0.3 is 0 Å². The molecule has 1 aliphatic heterocycles. The van der Waals surface area contributed by atoms with Crippen molar-refractivity contribution in [1.29, 1.82) is 0 Å². The van der Waals surface area contributed by atoms with Crippen LogP contribution in [0.2, 0.25) is 0 Å². The highest BCUT2D eigenvalue weighted by molar-refractivity contribution is 5.45. The molecule has 1 aromatic carbocycles. The SMILES string of the molecule is CCNCCC(C)CCc1ccc2c(c1)C(C)(C)CO2. The molecule has 2 rings (SSSR count). The number of hydrogen-bond donors (Lipinski definition) is 1. The van der Waals surface area contributed by atoms with Gasteiger partial charge in [-0.15, -0.1) is 0 Å². The Balaban J connectivity index is 1.88. The standard InChI is InChI=1S/C18H29NO/c1-5-19-11-10-14(2)6-7-15-8-9-17-16(12-15)18(3,4)13-20-17/h8-9,12,14,19H,5-7,10-11,13H2,1-4H3. The van der Waals surface area contributed by atoms with Crippen molar-refractivity contribution in [3.63, 3.8) is 0 Å². The van der Waals surface area contributed by atoms with Crippen molar-refractivity contribution in [3.05, 3.63) is 29.3 Å². The van der Waals surface area contributed by atoms with Crippen LogP contribution in [0, 0.1) is 5.92 Å². The number of aryl methyl sites for hydroxylation is 1. The van der Waals surface area contributed by atoms with Gasteiger partial charge in [0.25, 0.3) is 0 Å². The lowest BCUT2D eigenvalue weighted by atomic mass is 9.85. The predicted octanol–water partition coefficient (Wildman–Crippen LogP) is 3.92. The van der Waals surface area contributed by atoms with E-state index < -0.39 is 0 Å². The molecule has 0 saturated heterocycles. The van der Waals surface area contributed by atoms with Gasteiger partial charge in [-0.2, -0.15) is 0 Å². The predicted molar refractivity (Wildman–Crippen MR) is 85.6 cm³/mol. The molecule has 1 atom stereocenters. The summed E-state index contributed by atoms with van der Waals surface area (Å²) in [7, 11) is 0. The van der Waals surface area contributed by atoms with Gasteiger partial charge in [0.1, 0.15) is 5.75 Å². The normalized spacial score (nSPS) is 17.6. The molecule has 0 bridgehead atoms. The van der Waals surface area contributed by atoms with E-state index >= 15 is 0 Å². The number of fused-ring (bicyclic) bond motifs is 1. The molecule has 0 saturated carbocycles.